The number of benzene rings is 1. The van der Waals surface area contributed by atoms with Gasteiger partial charge in [0.1, 0.15) is 5.67 Å². The number of aliphatic carboxylic acids is 1. The summed E-state index contributed by atoms with van der Waals surface area (Å²) in [5.41, 5.74) is 0.285. The predicted octanol–water partition coefficient (Wildman–Crippen LogP) is 2.60. The third kappa shape index (κ3) is 4.58. The minimum absolute atomic E-state index is 0.0133. The Bertz CT molecular complexity index is 353. The van der Waals surface area contributed by atoms with E-state index in [-0.39, 0.29) is 6.42 Å². The molecule has 0 spiro atoms. The Morgan fingerprint density at radius 1 is 1.40 bits per heavy atom. The first-order valence-corrected chi connectivity index (χ1v) is 4.85. The average molecular weight is 210 g/mol. The molecule has 82 valence electrons. The molecular weight excluding hydrogens is 195 g/mol. The largest absolute Gasteiger partial charge is 0.481 e. The summed E-state index contributed by atoms with van der Waals surface area (Å²) in [5, 5.41) is 8.62. The Morgan fingerprint density at radius 2 is 2.00 bits per heavy atom. The van der Waals surface area contributed by atoms with E-state index in [1.54, 1.807) is 18.2 Å². The second-order valence-corrected chi connectivity index (χ2v) is 4.29. The molecule has 2 nitrogen and oxygen atoms in total. The monoisotopic (exact) mass is 210 g/mol. The van der Waals surface area contributed by atoms with Crippen LogP contribution in [0.15, 0.2) is 24.3 Å². The second-order valence-electron chi connectivity index (χ2n) is 4.29. The summed E-state index contributed by atoms with van der Waals surface area (Å²) in [5.74, 6) is -0.869. The number of carbonyl (C=O) groups is 1. The van der Waals surface area contributed by atoms with Crippen LogP contribution in [0.5, 0.6) is 0 Å². The normalized spacial score (nSPS) is 11.4. The van der Waals surface area contributed by atoms with Crippen molar-refractivity contribution < 1.29 is 14.3 Å². The van der Waals surface area contributed by atoms with Gasteiger partial charge in [0, 0.05) is 6.42 Å². The molecular formula is C12H15FO2. The molecule has 0 fully saturated rings. The molecule has 1 N–H and O–H groups in total. The van der Waals surface area contributed by atoms with E-state index >= 15 is 0 Å². The van der Waals surface area contributed by atoms with Crippen molar-refractivity contribution in [2.75, 3.05) is 0 Å². The number of hydrogen-bond donors (Lipinski definition) is 1. The van der Waals surface area contributed by atoms with E-state index < -0.39 is 11.6 Å². The summed E-state index contributed by atoms with van der Waals surface area (Å²) < 4.78 is 13.4. The van der Waals surface area contributed by atoms with Gasteiger partial charge in [0.2, 0.25) is 0 Å². The summed E-state index contributed by atoms with van der Waals surface area (Å²) in [6.07, 6.45) is 0.293. The maximum atomic E-state index is 13.4. The van der Waals surface area contributed by atoms with Crippen molar-refractivity contribution in [3.63, 3.8) is 0 Å². The van der Waals surface area contributed by atoms with Gasteiger partial charge in [-0.2, -0.15) is 0 Å². The molecule has 0 saturated heterocycles. The zero-order chi connectivity index (χ0) is 11.5. The van der Waals surface area contributed by atoms with Crippen molar-refractivity contribution in [3.8, 4) is 0 Å². The van der Waals surface area contributed by atoms with Gasteiger partial charge in [-0.3, -0.25) is 4.79 Å². The smallest absolute Gasteiger partial charge is 0.307 e. The maximum Gasteiger partial charge on any atom is 0.307 e. The highest BCUT2D eigenvalue weighted by molar-refractivity contribution is 5.70. The van der Waals surface area contributed by atoms with Gasteiger partial charge in [0.05, 0.1) is 6.42 Å². The van der Waals surface area contributed by atoms with Gasteiger partial charge < -0.3 is 5.11 Å². The minimum atomic E-state index is -1.26. The molecule has 0 heterocycles. The molecule has 15 heavy (non-hydrogen) atoms. The van der Waals surface area contributed by atoms with Crippen molar-refractivity contribution in [2.45, 2.75) is 32.4 Å². The second kappa shape index (κ2) is 4.43. The third-order valence-corrected chi connectivity index (χ3v) is 1.97. The van der Waals surface area contributed by atoms with Gasteiger partial charge in [-0.1, -0.05) is 24.3 Å². The van der Waals surface area contributed by atoms with Crippen LogP contribution < -0.4 is 0 Å². The topological polar surface area (TPSA) is 37.3 Å². The van der Waals surface area contributed by atoms with Crippen LogP contribution in [0, 0.1) is 0 Å². The molecule has 1 aromatic rings. The van der Waals surface area contributed by atoms with E-state index in [1.165, 1.54) is 13.8 Å². The van der Waals surface area contributed by atoms with Crippen molar-refractivity contribution in [1.29, 1.82) is 0 Å². The average Bonchev–Trinajstić information content (AvgIpc) is 1.99. The number of hydrogen-bond acceptors (Lipinski definition) is 1. The molecule has 1 aromatic carbocycles. The minimum Gasteiger partial charge on any atom is -0.481 e. The molecule has 0 aliphatic carbocycles. The molecule has 0 unspecified atom stereocenters. The lowest BCUT2D eigenvalue weighted by Gasteiger charge is -2.14. The van der Waals surface area contributed by atoms with E-state index in [1.807, 2.05) is 6.07 Å². The van der Waals surface area contributed by atoms with Gasteiger partial charge >= 0.3 is 5.97 Å². The molecule has 0 aromatic heterocycles. The first-order chi connectivity index (χ1) is 6.87. The van der Waals surface area contributed by atoms with Crippen LogP contribution >= 0.6 is 0 Å². The first kappa shape index (κ1) is 11.7. The highest BCUT2D eigenvalue weighted by Crippen LogP contribution is 2.17. The van der Waals surface area contributed by atoms with E-state index in [0.717, 1.165) is 5.56 Å². The summed E-state index contributed by atoms with van der Waals surface area (Å²) in [4.78, 5) is 10.5. The number of carboxylic acids is 1. The lowest BCUT2D eigenvalue weighted by Crippen LogP contribution is -2.15. The van der Waals surface area contributed by atoms with Crippen LogP contribution in [0.4, 0.5) is 4.39 Å². The third-order valence-electron chi connectivity index (χ3n) is 1.97. The van der Waals surface area contributed by atoms with E-state index in [9.17, 15) is 9.18 Å². The van der Waals surface area contributed by atoms with E-state index in [0.29, 0.717) is 12.0 Å². The predicted molar refractivity (Wildman–Crippen MR) is 56.7 cm³/mol. The standard InChI is InChI=1S/C12H15FO2/c1-12(2,13)8-10-5-3-4-9(6-10)7-11(14)15/h3-6H,7-8H2,1-2H3,(H,14,15). The van der Waals surface area contributed by atoms with Crippen LogP contribution in [0.1, 0.15) is 25.0 Å². The molecule has 0 bridgehead atoms. The Labute approximate surface area is 88.7 Å². The fraction of sp³-hybridized carbons (Fsp3) is 0.417. The van der Waals surface area contributed by atoms with Gasteiger partial charge in [0.25, 0.3) is 0 Å². The van der Waals surface area contributed by atoms with Crippen LogP contribution in [-0.2, 0) is 17.6 Å². The zero-order valence-corrected chi connectivity index (χ0v) is 8.96. The Kier molecular flexibility index (Phi) is 3.45. The fourth-order valence-corrected chi connectivity index (χ4v) is 1.51. The molecule has 0 aliphatic rings. The van der Waals surface area contributed by atoms with E-state index in [4.69, 9.17) is 5.11 Å². The van der Waals surface area contributed by atoms with Crippen LogP contribution in [0.25, 0.3) is 0 Å². The zero-order valence-electron chi connectivity index (χ0n) is 8.96. The Hall–Kier alpha value is -1.38. The summed E-state index contributed by atoms with van der Waals surface area (Å²) in [7, 11) is 0. The Morgan fingerprint density at radius 3 is 2.53 bits per heavy atom. The SMILES string of the molecule is CC(C)(F)Cc1cccc(CC(=O)O)c1. The molecule has 1 rings (SSSR count). The summed E-state index contributed by atoms with van der Waals surface area (Å²) >= 11 is 0. The number of alkyl halides is 1. The first-order valence-electron chi connectivity index (χ1n) is 4.85. The van der Waals surface area contributed by atoms with Crippen molar-refractivity contribution in [3.05, 3.63) is 35.4 Å². The van der Waals surface area contributed by atoms with Crippen LogP contribution in [0.2, 0.25) is 0 Å². The summed E-state index contributed by atoms with van der Waals surface area (Å²) in [6.45, 7) is 3.02. The van der Waals surface area contributed by atoms with Crippen molar-refractivity contribution >= 4 is 5.97 Å². The lowest BCUT2D eigenvalue weighted by atomic mass is 9.98. The fourth-order valence-electron chi connectivity index (χ4n) is 1.51. The quantitative estimate of drug-likeness (QED) is 0.829. The summed E-state index contributed by atoms with van der Waals surface area (Å²) in [6, 6.07) is 7.06. The van der Waals surface area contributed by atoms with Crippen LogP contribution in [0.3, 0.4) is 0 Å². The lowest BCUT2D eigenvalue weighted by molar-refractivity contribution is -0.136. The molecule has 0 radical (unpaired) electrons. The van der Waals surface area contributed by atoms with Gasteiger partial charge in [0.15, 0.2) is 0 Å². The van der Waals surface area contributed by atoms with Gasteiger partial charge in [-0.05, 0) is 25.0 Å². The maximum absolute atomic E-state index is 13.4. The van der Waals surface area contributed by atoms with Gasteiger partial charge in [-0.15, -0.1) is 0 Å². The molecule has 0 saturated carbocycles. The Balaban J connectivity index is 2.79. The highest BCUT2D eigenvalue weighted by atomic mass is 19.1. The number of halogens is 1. The molecule has 3 heteroatoms. The molecule has 0 amide bonds. The van der Waals surface area contributed by atoms with E-state index in [2.05, 4.69) is 0 Å². The van der Waals surface area contributed by atoms with Gasteiger partial charge in [-0.25, -0.2) is 4.39 Å². The highest BCUT2D eigenvalue weighted by Gasteiger charge is 2.16. The molecule has 0 aliphatic heterocycles. The van der Waals surface area contributed by atoms with Crippen molar-refractivity contribution in [2.24, 2.45) is 0 Å². The molecule has 0 atom stereocenters. The van der Waals surface area contributed by atoms with Crippen LogP contribution in [-0.4, -0.2) is 16.7 Å². The number of rotatable bonds is 4. The van der Waals surface area contributed by atoms with Crippen molar-refractivity contribution in [1.82, 2.24) is 0 Å². The number of carboxylic acid groups (broad SMARTS) is 1.